The second-order valence-corrected chi connectivity index (χ2v) is 3.90. The van der Waals surface area contributed by atoms with Crippen LogP contribution in [0.1, 0.15) is 20.3 Å². The molecule has 0 bridgehead atoms. The first kappa shape index (κ1) is 14.0. The molecule has 0 aliphatic carbocycles. The molecule has 0 aromatic carbocycles. The third-order valence-corrected chi connectivity index (χ3v) is 2.26. The monoisotopic (exact) mass is 209 g/mol. The molecule has 0 saturated heterocycles. The molecule has 0 amide bonds. The Labute approximate surface area is 93.9 Å². The minimum Gasteiger partial charge on any atom is -0.385 e. The van der Waals surface area contributed by atoms with E-state index in [-0.39, 0.29) is 0 Å². The van der Waals surface area contributed by atoms with E-state index in [0.717, 1.165) is 30.7 Å². The predicted octanol–water partition coefficient (Wildman–Crippen LogP) is 2.99. The molecule has 0 radical (unpaired) electrons. The summed E-state index contributed by atoms with van der Waals surface area (Å²) in [6.45, 7) is 13.7. The minimum absolute atomic E-state index is 0.804. The Hall–Kier alpha value is -1.02. The SMILES string of the molecule is C=C(C)C(=C)/C(C)=C\N(C)CCCOC. The predicted molar refractivity (Wildman–Crippen MR) is 66.8 cm³/mol. The van der Waals surface area contributed by atoms with Crippen LogP contribution in [0.5, 0.6) is 0 Å². The second-order valence-electron chi connectivity index (χ2n) is 3.90. The summed E-state index contributed by atoms with van der Waals surface area (Å²) >= 11 is 0. The molecule has 15 heavy (non-hydrogen) atoms. The Morgan fingerprint density at radius 3 is 2.40 bits per heavy atom. The quantitative estimate of drug-likeness (QED) is 0.472. The van der Waals surface area contributed by atoms with Gasteiger partial charge in [0.2, 0.25) is 0 Å². The van der Waals surface area contributed by atoms with Crippen LogP contribution in [0, 0.1) is 0 Å². The molecular weight excluding hydrogens is 186 g/mol. The number of nitrogens with zero attached hydrogens (tertiary/aromatic N) is 1. The van der Waals surface area contributed by atoms with Crippen LogP contribution in [0.4, 0.5) is 0 Å². The van der Waals surface area contributed by atoms with Gasteiger partial charge in [0.1, 0.15) is 0 Å². The molecule has 0 atom stereocenters. The number of methoxy groups -OCH3 is 1. The van der Waals surface area contributed by atoms with Gasteiger partial charge in [-0.15, -0.1) is 0 Å². The zero-order valence-electron chi connectivity index (χ0n) is 10.5. The van der Waals surface area contributed by atoms with Gasteiger partial charge in [-0.25, -0.2) is 0 Å². The Morgan fingerprint density at radius 2 is 1.93 bits per heavy atom. The van der Waals surface area contributed by atoms with E-state index in [9.17, 15) is 0 Å². The Morgan fingerprint density at radius 1 is 1.33 bits per heavy atom. The van der Waals surface area contributed by atoms with E-state index in [0.29, 0.717) is 0 Å². The highest BCUT2D eigenvalue weighted by molar-refractivity contribution is 5.40. The maximum Gasteiger partial charge on any atom is 0.0479 e. The summed E-state index contributed by atoms with van der Waals surface area (Å²) in [6.07, 6.45) is 3.14. The Kier molecular flexibility index (Phi) is 6.80. The summed E-state index contributed by atoms with van der Waals surface area (Å²) in [7, 11) is 3.79. The third kappa shape index (κ3) is 6.13. The molecule has 0 N–H and O–H groups in total. The van der Waals surface area contributed by atoms with Crippen LogP contribution in [0.3, 0.4) is 0 Å². The number of ether oxygens (including phenoxy) is 1. The molecule has 0 aromatic heterocycles. The van der Waals surface area contributed by atoms with E-state index in [1.165, 1.54) is 5.57 Å². The van der Waals surface area contributed by atoms with Crippen molar-refractivity contribution in [2.24, 2.45) is 0 Å². The lowest BCUT2D eigenvalue weighted by Crippen LogP contribution is -2.14. The van der Waals surface area contributed by atoms with Gasteiger partial charge >= 0.3 is 0 Å². The lowest BCUT2D eigenvalue weighted by Gasteiger charge is -2.16. The molecule has 2 nitrogen and oxygen atoms in total. The topological polar surface area (TPSA) is 12.5 Å². The van der Waals surface area contributed by atoms with E-state index in [1.54, 1.807) is 7.11 Å². The standard InChI is InChI=1S/C13H23NO/c1-11(2)13(4)12(3)10-14(5)8-7-9-15-6/h10H,1,4,7-9H2,2-3,5-6H3/b12-10-. The van der Waals surface area contributed by atoms with Crippen LogP contribution in [-0.2, 0) is 4.74 Å². The van der Waals surface area contributed by atoms with Gasteiger partial charge in [0.15, 0.2) is 0 Å². The van der Waals surface area contributed by atoms with Gasteiger partial charge in [-0.05, 0) is 31.4 Å². The first-order valence-electron chi connectivity index (χ1n) is 5.21. The fourth-order valence-electron chi connectivity index (χ4n) is 1.27. The Balaban J connectivity index is 4.11. The van der Waals surface area contributed by atoms with Gasteiger partial charge in [0.25, 0.3) is 0 Å². The van der Waals surface area contributed by atoms with Gasteiger partial charge in [0, 0.05) is 33.5 Å². The van der Waals surface area contributed by atoms with Crippen molar-refractivity contribution < 1.29 is 4.74 Å². The lowest BCUT2D eigenvalue weighted by atomic mass is 10.0. The van der Waals surface area contributed by atoms with Crippen LogP contribution >= 0.6 is 0 Å². The van der Waals surface area contributed by atoms with E-state index < -0.39 is 0 Å². The smallest absolute Gasteiger partial charge is 0.0479 e. The molecule has 0 spiro atoms. The molecule has 86 valence electrons. The molecule has 0 rings (SSSR count). The molecule has 2 heteroatoms. The van der Waals surface area contributed by atoms with Crippen LogP contribution in [0.2, 0.25) is 0 Å². The maximum atomic E-state index is 5.00. The van der Waals surface area contributed by atoms with Crippen LogP contribution in [-0.4, -0.2) is 32.2 Å². The normalized spacial score (nSPS) is 11.3. The molecule has 0 fully saturated rings. The van der Waals surface area contributed by atoms with E-state index in [4.69, 9.17) is 4.74 Å². The highest BCUT2D eigenvalue weighted by atomic mass is 16.5. The van der Waals surface area contributed by atoms with Gasteiger partial charge in [0.05, 0.1) is 0 Å². The fourth-order valence-corrected chi connectivity index (χ4v) is 1.27. The van der Waals surface area contributed by atoms with Crippen molar-refractivity contribution in [2.75, 3.05) is 27.3 Å². The first-order valence-corrected chi connectivity index (χ1v) is 5.21. The summed E-state index contributed by atoms with van der Waals surface area (Å²) in [5, 5.41) is 0. The van der Waals surface area contributed by atoms with Gasteiger partial charge in [-0.3, -0.25) is 0 Å². The van der Waals surface area contributed by atoms with Gasteiger partial charge < -0.3 is 9.64 Å². The number of hydrogen-bond acceptors (Lipinski definition) is 2. The summed E-state index contributed by atoms with van der Waals surface area (Å²) in [4.78, 5) is 2.16. The molecule has 0 aromatic rings. The van der Waals surface area contributed by atoms with E-state index >= 15 is 0 Å². The van der Waals surface area contributed by atoms with Crippen LogP contribution < -0.4 is 0 Å². The van der Waals surface area contributed by atoms with E-state index in [1.807, 2.05) is 6.92 Å². The maximum absolute atomic E-state index is 5.00. The second kappa shape index (κ2) is 7.30. The van der Waals surface area contributed by atoms with Crippen molar-refractivity contribution in [3.63, 3.8) is 0 Å². The average molecular weight is 209 g/mol. The zero-order chi connectivity index (χ0) is 11.8. The van der Waals surface area contributed by atoms with Crippen LogP contribution in [0.15, 0.2) is 36.1 Å². The number of allylic oxidation sites excluding steroid dienone is 3. The lowest BCUT2D eigenvalue weighted by molar-refractivity contribution is 0.186. The minimum atomic E-state index is 0.804. The molecule has 0 saturated carbocycles. The highest BCUT2D eigenvalue weighted by Crippen LogP contribution is 2.14. The van der Waals surface area contributed by atoms with Crippen molar-refractivity contribution in [2.45, 2.75) is 20.3 Å². The highest BCUT2D eigenvalue weighted by Gasteiger charge is 1.99. The Bertz CT molecular complexity index is 253. The number of hydrogen-bond donors (Lipinski definition) is 0. The van der Waals surface area contributed by atoms with Gasteiger partial charge in [-0.1, -0.05) is 18.7 Å². The fraction of sp³-hybridized carbons (Fsp3) is 0.538. The summed E-state index contributed by atoms with van der Waals surface area (Å²) in [5.41, 5.74) is 3.21. The van der Waals surface area contributed by atoms with E-state index in [2.05, 4.69) is 38.2 Å². The first-order chi connectivity index (χ1) is 6.99. The molecule has 0 heterocycles. The number of rotatable bonds is 7. The summed E-state index contributed by atoms with van der Waals surface area (Å²) in [5.74, 6) is 0. The van der Waals surface area contributed by atoms with Crippen molar-refractivity contribution in [1.82, 2.24) is 4.90 Å². The summed E-state index contributed by atoms with van der Waals surface area (Å²) in [6, 6.07) is 0. The largest absolute Gasteiger partial charge is 0.385 e. The average Bonchev–Trinajstić information content (AvgIpc) is 2.16. The zero-order valence-corrected chi connectivity index (χ0v) is 10.5. The summed E-state index contributed by atoms with van der Waals surface area (Å²) < 4.78 is 5.00. The van der Waals surface area contributed by atoms with Crippen molar-refractivity contribution in [3.05, 3.63) is 36.1 Å². The van der Waals surface area contributed by atoms with Gasteiger partial charge in [-0.2, -0.15) is 0 Å². The van der Waals surface area contributed by atoms with Crippen LogP contribution in [0.25, 0.3) is 0 Å². The van der Waals surface area contributed by atoms with Crippen molar-refractivity contribution in [1.29, 1.82) is 0 Å². The third-order valence-electron chi connectivity index (χ3n) is 2.26. The molecule has 0 aliphatic heterocycles. The molecular formula is C13H23NO. The van der Waals surface area contributed by atoms with Crippen molar-refractivity contribution in [3.8, 4) is 0 Å². The molecule has 0 aliphatic rings. The van der Waals surface area contributed by atoms with Crippen molar-refractivity contribution >= 4 is 0 Å². The molecule has 0 unspecified atom stereocenters.